The van der Waals surface area contributed by atoms with Crippen LogP contribution in [0, 0.1) is 0 Å². The van der Waals surface area contributed by atoms with Crippen molar-refractivity contribution < 1.29 is 4.48 Å². The van der Waals surface area contributed by atoms with Crippen LogP contribution < -0.4 is 5.12 Å². The fourth-order valence-electron chi connectivity index (χ4n) is 1.77. The Morgan fingerprint density at radius 2 is 2.00 bits per heavy atom. The van der Waals surface area contributed by atoms with Crippen molar-refractivity contribution in [3.8, 4) is 0 Å². The molecule has 0 N–H and O–H groups in total. The first-order valence-electron chi connectivity index (χ1n) is 4.14. The molecule has 1 aromatic rings. The van der Waals surface area contributed by atoms with Crippen molar-refractivity contribution in [1.29, 1.82) is 0 Å². The van der Waals surface area contributed by atoms with Gasteiger partial charge in [-0.2, -0.15) is 0 Å². The fraction of sp³-hybridized carbons (Fsp3) is 0.400. The van der Waals surface area contributed by atoms with E-state index in [4.69, 9.17) is 0 Å². The molecule has 0 saturated carbocycles. The molecule has 1 aliphatic rings. The lowest BCUT2D eigenvalue weighted by Gasteiger charge is -2.16. The Hall–Kier alpha value is -1.05. The molecule has 12 heavy (non-hydrogen) atoms. The molecule has 64 valence electrons. The minimum atomic E-state index is -0.0503. The zero-order valence-electron chi connectivity index (χ0n) is 7.34. The molecule has 0 aromatic heterocycles. The molecular formula is C10H12FN. The molecule has 0 spiro atoms. The van der Waals surface area contributed by atoms with E-state index in [9.17, 15) is 4.48 Å². The van der Waals surface area contributed by atoms with Crippen LogP contribution in [0.4, 0.5) is 10.2 Å². The lowest BCUT2D eigenvalue weighted by Crippen LogP contribution is -2.22. The van der Waals surface area contributed by atoms with Gasteiger partial charge in [-0.3, -0.25) is 0 Å². The number of fused-ring (bicyclic) bond motifs is 1. The van der Waals surface area contributed by atoms with Crippen molar-refractivity contribution >= 4 is 5.69 Å². The first-order chi connectivity index (χ1) is 5.61. The average molecular weight is 165 g/mol. The van der Waals surface area contributed by atoms with E-state index in [1.54, 1.807) is 0 Å². The minimum Gasteiger partial charge on any atom is -0.211 e. The Bertz CT molecular complexity index is 306. The largest absolute Gasteiger partial charge is 0.211 e. The number of nitrogens with zero attached hydrogens (tertiary/aromatic N) is 1. The highest BCUT2D eigenvalue weighted by Crippen LogP contribution is 2.39. The van der Waals surface area contributed by atoms with E-state index in [-0.39, 0.29) is 5.41 Å². The molecule has 0 atom stereocenters. The lowest BCUT2D eigenvalue weighted by molar-refractivity contribution is 0.402. The second-order valence-electron chi connectivity index (χ2n) is 3.92. The molecule has 0 amide bonds. The van der Waals surface area contributed by atoms with Gasteiger partial charge in [-0.15, -0.1) is 0 Å². The number of anilines is 1. The quantitative estimate of drug-likeness (QED) is 0.534. The van der Waals surface area contributed by atoms with Crippen molar-refractivity contribution in [2.24, 2.45) is 0 Å². The predicted molar refractivity (Wildman–Crippen MR) is 47.9 cm³/mol. The number of rotatable bonds is 0. The maximum absolute atomic E-state index is 13.2. The molecule has 0 saturated heterocycles. The van der Waals surface area contributed by atoms with Crippen LogP contribution in [0.3, 0.4) is 0 Å². The van der Waals surface area contributed by atoms with Gasteiger partial charge in [0.2, 0.25) is 0 Å². The molecule has 0 radical (unpaired) electrons. The highest BCUT2D eigenvalue weighted by atomic mass is 19.2. The van der Waals surface area contributed by atoms with Crippen LogP contribution in [0.15, 0.2) is 24.3 Å². The van der Waals surface area contributed by atoms with E-state index in [0.717, 1.165) is 16.4 Å². The van der Waals surface area contributed by atoms with Gasteiger partial charge in [-0.25, -0.2) is 5.12 Å². The van der Waals surface area contributed by atoms with E-state index in [1.165, 1.54) is 0 Å². The Kier molecular flexibility index (Phi) is 1.40. The Balaban J connectivity index is 2.58. The summed E-state index contributed by atoms with van der Waals surface area (Å²) in [6.07, 6.45) is 0. The molecule has 0 fully saturated rings. The van der Waals surface area contributed by atoms with Crippen LogP contribution >= 0.6 is 0 Å². The summed E-state index contributed by atoms with van der Waals surface area (Å²) in [5, 5.41) is 0.829. The summed E-state index contributed by atoms with van der Waals surface area (Å²) in [4.78, 5) is 0. The molecule has 1 aromatic carbocycles. The van der Waals surface area contributed by atoms with Gasteiger partial charge in [0.25, 0.3) is 0 Å². The van der Waals surface area contributed by atoms with Gasteiger partial charge in [0, 0.05) is 5.41 Å². The van der Waals surface area contributed by atoms with Gasteiger partial charge < -0.3 is 0 Å². The average Bonchev–Trinajstić information content (AvgIpc) is 2.25. The third-order valence-electron chi connectivity index (χ3n) is 2.43. The second-order valence-corrected chi connectivity index (χ2v) is 3.92. The van der Waals surface area contributed by atoms with Crippen molar-refractivity contribution in [1.82, 2.24) is 0 Å². The van der Waals surface area contributed by atoms with Crippen molar-refractivity contribution in [2.75, 3.05) is 11.7 Å². The number of benzene rings is 1. The molecule has 0 aliphatic carbocycles. The maximum atomic E-state index is 13.2. The number of hydrogen-bond donors (Lipinski definition) is 0. The van der Waals surface area contributed by atoms with E-state index >= 15 is 0 Å². The molecule has 2 rings (SSSR count). The lowest BCUT2D eigenvalue weighted by atomic mass is 9.87. The topological polar surface area (TPSA) is 3.24 Å². The van der Waals surface area contributed by atoms with Crippen LogP contribution in [0.1, 0.15) is 19.4 Å². The second kappa shape index (κ2) is 2.22. The van der Waals surface area contributed by atoms with E-state index < -0.39 is 0 Å². The summed E-state index contributed by atoms with van der Waals surface area (Å²) in [5.74, 6) is 0. The zero-order valence-corrected chi connectivity index (χ0v) is 7.34. The maximum Gasteiger partial charge on any atom is 0.0726 e. The Morgan fingerprint density at radius 3 is 2.67 bits per heavy atom. The van der Waals surface area contributed by atoms with Crippen LogP contribution in [0.25, 0.3) is 0 Å². The van der Waals surface area contributed by atoms with Crippen molar-refractivity contribution in [3.63, 3.8) is 0 Å². The summed E-state index contributed by atoms with van der Waals surface area (Å²) in [6, 6.07) is 7.64. The van der Waals surface area contributed by atoms with Gasteiger partial charge in [0.15, 0.2) is 0 Å². The number of para-hydroxylation sites is 1. The van der Waals surface area contributed by atoms with Crippen LogP contribution in [0.2, 0.25) is 0 Å². The van der Waals surface area contributed by atoms with Gasteiger partial charge in [-0.05, 0) is 11.6 Å². The Labute approximate surface area is 71.7 Å². The van der Waals surface area contributed by atoms with E-state index in [1.807, 2.05) is 24.3 Å². The van der Waals surface area contributed by atoms with Gasteiger partial charge in [0.05, 0.1) is 12.2 Å². The molecule has 2 heteroatoms. The first-order valence-corrected chi connectivity index (χ1v) is 4.14. The molecule has 0 bridgehead atoms. The van der Waals surface area contributed by atoms with Crippen molar-refractivity contribution in [3.05, 3.63) is 29.8 Å². The highest BCUT2D eigenvalue weighted by molar-refractivity contribution is 5.59. The minimum absolute atomic E-state index is 0.0503. The molecule has 1 aliphatic heterocycles. The summed E-state index contributed by atoms with van der Waals surface area (Å²) in [6.45, 7) is 4.59. The predicted octanol–water partition coefficient (Wildman–Crippen LogP) is 2.67. The SMILES string of the molecule is CC1(C)CN(F)c2ccccc21. The van der Waals surface area contributed by atoms with Crippen LogP contribution in [-0.4, -0.2) is 6.54 Å². The molecule has 1 heterocycles. The monoisotopic (exact) mass is 165 g/mol. The smallest absolute Gasteiger partial charge is 0.0726 e. The van der Waals surface area contributed by atoms with Crippen LogP contribution in [0.5, 0.6) is 0 Å². The molecule has 0 unspecified atom stereocenters. The Morgan fingerprint density at radius 1 is 1.33 bits per heavy atom. The zero-order chi connectivity index (χ0) is 8.77. The standard InChI is InChI=1S/C10H12FN/c1-10(2)7-12(11)9-6-4-3-5-8(9)10/h3-6H,7H2,1-2H3. The highest BCUT2D eigenvalue weighted by Gasteiger charge is 2.34. The van der Waals surface area contributed by atoms with Crippen molar-refractivity contribution in [2.45, 2.75) is 19.3 Å². The van der Waals surface area contributed by atoms with Gasteiger partial charge in [0.1, 0.15) is 0 Å². The van der Waals surface area contributed by atoms with Gasteiger partial charge in [-0.1, -0.05) is 36.5 Å². The third kappa shape index (κ3) is 0.909. The normalized spacial score (nSPS) is 19.4. The molecule has 1 nitrogen and oxygen atoms in total. The number of hydrogen-bond acceptors (Lipinski definition) is 1. The first kappa shape index (κ1) is 7.59. The fourth-order valence-corrected chi connectivity index (χ4v) is 1.77. The van der Waals surface area contributed by atoms with E-state index in [0.29, 0.717) is 6.54 Å². The number of halogens is 1. The third-order valence-corrected chi connectivity index (χ3v) is 2.43. The van der Waals surface area contributed by atoms with Gasteiger partial charge >= 0.3 is 0 Å². The summed E-state index contributed by atoms with van der Waals surface area (Å²) in [7, 11) is 0. The van der Waals surface area contributed by atoms with E-state index in [2.05, 4.69) is 13.8 Å². The van der Waals surface area contributed by atoms with Crippen LogP contribution in [-0.2, 0) is 5.41 Å². The molecular weight excluding hydrogens is 153 g/mol. The summed E-state index contributed by atoms with van der Waals surface area (Å²) in [5.41, 5.74) is 1.78. The summed E-state index contributed by atoms with van der Waals surface area (Å²) < 4.78 is 13.2. The summed E-state index contributed by atoms with van der Waals surface area (Å²) >= 11 is 0.